The van der Waals surface area contributed by atoms with Gasteiger partial charge in [0.2, 0.25) is 0 Å². The first-order chi connectivity index (χ1) is 13.7. The number of rotatable bonds is 3. The number of hydrogen-bond acceptors (Lipinski definition) is 6. The van der Waals surface area contributed by atoms with E-state index in [1.54, 1.807) is 7.11 Å². The fourth-order valence-corrected chi connectivity index (χ4v) is 5.32. The fraction of sp³-hybridized carbons (Fsp3) is 0.286. The first-order valence-electron chi connectivity index (χ1n) is 9.21. The predicted octanol–water partition coefficient (Wildman–Crippen LogP) is 4.12. The molecular weight excluding hydrogens is 374 g/mol. The summed E-state index contributed by atoms with van der Waals surface area (Å²) in [6.45, 7) is 0. The molecule has 7 heteroatoms. The second kappa shape index (κ2) is 6.50. The van der Waals surface area contributed by atoms with Crippen LogP contribution in [0.2, 0.25) is 0 Å². The Balaban J connectivity index is 1.47. The smallest absolute Gasteiger partial charge is 0.278 e. The van der Waals surface area contributed by atoms with Crippen LogP contribution in [-0.4, -0.2) is 18.2 Å². The number of fused-ring (bicyclic) bond motifs is 4. The van der Waals surface area contributed by atoms with E-state index in [0.717, 1.165) is 53.7 Å². The number of hydrogen-bond donors (Lipinski definition) is 1. The third-order valence-corrected chi connectivity index (χ3v) is 6.67. The standard InChI is InChI=1S/C21H17N3O3S/c1-26-12-6-8-13-11(9-12)5-7-15-18(24-27-19(13)15)20(25)23-21-16(10-22)14-3-2-4-17(14)28-21/h6,8-9H,2-5,7H2,1H3,(H,23,25). The highest BCUT2D eigenvalue weighted by Crippen LogP contribution is 2.40. The highest BCUT2D eigenvalue weighted by Gasteiger charge is 2.29. The average molecular weight is 391 g/mol. The summed E-state index contributed by atoms with van der Waals surface area (Å²) in [5.74, 6) is 1.12. The zero-order valence-electron chi connectivity index (χ0n) is 15.3. The zero-order valence-corrected chi connectivity index (χ0v) is 16.1. The quantitative estimate of drug-likeness (QED) is 0.725. The van der Waals surface area contributed by atoms with E-state index in [2.05, 4.69) is 16.5 Å². The lowest BCUT2D eigenvalue weighted by atomic mass is 9.89. The Kier molecular flexibility index (Phi) is 3.95. The molecule has 1 aromatic carbocycles. The summed E-state index contributed by atoms with van der Waals surface area (Å²) in [5.41, 5.74) is 4.87. The lowest BCUT2D eigenvalue weighted by Crippen LogP contribution is -2.16. The first-order valence-corrected chi connectivity index (χ1v) is 10.0. The van der Waals surface area contributed by atoms with Crippen LogP contribution in [0.25, 0.3) is 11.3 Å². The molecule has 0 bridgehead atoms. The van der Waals surface area contributed by atoms with Gasteiger partial charge in [0.05, 0.1) is 12.7 Å². The Morgan fingerprint density at radius 3 is 3.00 bits per heavy atom. The monoisotopic (exact) mass is 391 g/mol. The number of carbonyl (C=O) groups is 1. The van der Waals surface area contributed by atoms with Crippen LogP contribution in [-0.2, 0) is 25.7 Å². The van der Waals surface area contributed by atoms with Gasteiger partial charge in [-0.15, -0.1) is 11.3 Å². The van der Waals surface area contributed by atoms with Crippen LogP contribution in [0, 0.1) is 11.3 Å². The van der Waals surface area contributed by atoms with Crippen molar-refractivity contribution in [3.8, 4) is 23.1 Å². The van der Waals surface area contributed by atoms with Crippen molar-refractivity contribution in [1.82, 2.24) is 5.16 Å². The van der Waals surface area contributed by atoms with E-state index >= 15 is 0 Å². The summed E-state index contributed by atoms with van der Waals surface area (Å²) in [5, 5.41) is 17.1. The number of nitriles is 1. The third kappa shape index (κ3) is 2.53. The number of anilines is 1. The predicted molar refractivity (Wildman–Crippen MR) is 105 cm³/mol. The fourth-order valence-electron chi connectivity index (χ4n) is 4.09. The van der Waals surface area contributed by atoms with Crippen molar-refractivity contribution in [3.63, 3.8) is 0 Å². The van der Waals surface area contributed by atoms with Gasteiger partial charge in [-0.2, -0.15) is 5.26 Å². The molecule has 2 aliphatic rings. The van der Waals surface area contributed by atoms with Crippen LogP contribution in [0.3, 0.4) is 0 Å². The molecule has 1 amide bonds. The summed E-state index contributed by atoms with van der Waals surface area (Å²) in [6.07, 6.45) is 4.42. The molecule has 2 aliphatic carbocycles. The second-order valence-electron chi connectivity index (χ2n) is 6.99. The normalized spacial score (nSPS) is 14.0. The largest absolute Gasteiger partial charge is 0.497 e. The van der Waals surface area contributed by atoms with Crippen LogP contribution in [0.5, 0.6) is 5.75 Å². The molecule has 2 heterocycles. The Morgan fingerprint density at radius 2 is 2.18 bits per heavy atom. The molecule has 0 unspecified atom stereocenters. The number of ether oxygens (including phenoxy) is 1. The van der Waals surface area contributed by atoms with E-state index in [9.17, 15) is 10.1 Å². The molecule has 0 atom stereocenters. The maximum absolute atomic E-state index is 12.9. The topological polar surface area (TPSA) is 88.1 Å². The number of aromatic nitrogens is 1. The van der Waals surface area contributed by atoms with E-state index in [1.165, 1.54) is 16.2 Å². The number of carbonyl (C=O) groups excluding carboxylic acids is 1. The van der Waals surface area contributed by atoms with Crippen LogP contribution in [0.15, 0.2) is 22.7 Å². The van der Waals surface area contributed by atoms with E-state index < -0.39 is 0 Å². The van der Waals surface area contributed by atoms with E-state index in [0.29, 0.717) is 28.4 Å². The third-order valence-electron chi connectivity index (χ3n) is 5.46. The van der Waals surface area contributed by atoms with Gasteiger partial charge in [0.25, 0.3) is 5.91 Å². The molecule has 2 aromatic heterocycles. The maximum atomic E-state index is 12.9. The van der Waals surface area contributed by atoms with Crippen LogP contribution < -0.4 is 10.1 Å². The van der Waals surface area contributed by atoms with Crippen molar-refractivity contribution in [3.05, 3.63) is 51.0 Å². The number of benzene rings is 1. The van der Waals surface area contributed by atoms with E-state index in [-0.39, 0.29) is 5.91 Å². The van der Waals surface area contributed by atoms with Crippen molar-refractivity contribution in [2.45, 2.75) is 32.1 Å². The molecule has 5 rings (SSSR count). The minimum absolute atomic E-state index is 0.300. The summed E-state index contributed by atoms with van der Waals surface area (Å²) < 4.78 is 10.8. The molecule has 3 aromatic rings. The number of nitrogens with one attached hydrogen (secondary N) is 1. The number of aryl methyl sites for hydroxylation is 2. The number of thiophene rings is 1. The zero-order chi connectivity index (χ0) is 19.3. The minimum atomic E-state index is -0.321. The molecule has 28 heavy (non-hydrogen) atoms. The lowest BCUT2D eigenvalue weighted by Gasteiger charge is -2.15. The molecule has 0 radical (unpaired) electrons. The van der Waals surface area contributed by atoms with Gasteiger partial charge in [-0.25, -0.2) is 0 Å². The van der Waals surface area contributed by atoms with Crippen LogP contribution in [0.4, 0.5) is 5.00 Å². The molecule has 6 nitrogen and oxygen atoms in total. The summed E-state index contributed by atoms with van der Waals surface area (Å²) in [7, 11) is 1.64. The molecule has 0 saturated heterocycles. The van der Waals surface area contributed by atoms with Gasteiger partial charge in [0, 0.05) is 16.0 Å². The highest BCUT2D eigenvalue weighted by molar-refractivity contribution is 7.16. The summed E-state index contributed by atoms with van der Waals surface area (Å²) in [4.78, 5) is 14.1. The van der Waals surface area contributed by atoms with Gasteiger partial charge < -0.3 is 14.6 Å². The van der Waals surface area contributed by atoms with E-state index in [1.807, 2.05) is 18.2 Å². The van der Waals surface area contributed by atoms with Gasteiger partial charge in [-0.3, -0.25) is 4.79 Å². The minimum Gasteiger partial charge on any atom is -0.497 e. The molecular formula is C21H17N3O3S. The SMILES string of the molecule is COc1ccc2c(c1)CCc1c(C(=O)Nc3sc4c(c3C#N)CCC4)noc1-2. The Hall–Kier alpha value is -3.11. The average Bonchev–Trinajstić information content (AvgIpc) is 3.41. The van der Waals surface area contributed by atoms with Gasteiger partial charge in [0.15, 0.2) is 11.5 Å². The molecule has 140 valence electrons. The van der Waals surface area contributed by atoms with Gasteiger partial charge in [0.1, 0.15) is 16.8 Å². The molecule has 0 aliphatic heterocycles. The van der Waals surface area contributed by atoms with Crippen LogP contribution in [0.1, 0.15) is 44.0 Å². The first kappa shape index (κ1) is 17.0. The number of nitrogens with zero attached hydrogens (tertiary/aromatic N) is 2. The highest BCUT2D eigenvalue weighted by atomic mass is 32.1. The molecule has 0 fully saturated rings. The maximum Gasteiger partial charge on any atom is 0.278 e. The van der Waals surface area contributed by atoms with Crippen LogP contribution >= 0.6 is 11.3 Å². The second-order valence-corrected chi connectivity index (χ2v) is 8.09. The summed E-state index contributed by atoms with van der Waals surface area (Å²) >= 11 is 1.50. The van der Waals surface area contributed by atoms with E-state index in [4.69, 9.17) is 9.26 Å². The van der Waals surface area contributed by atoms with Gasteiger partial charge in [-0.1, -0.05) is 5.16 Å². The van der Waals surface area contributed by atoms with Crippen molar-refractivity contribution in [1.29, 1.82) is 5.26 Å². The summed E-state index contributed by atoms with van der Waals surface area (Å²) in [6, 6.07) is 8.06. The molecule has 0 spiro atoms. The van der Waals surface area contributed by atoms with Crippen molar-refractivity contribution in [2.75, 3.05) is 12.4 Å². The number of methoxy groups -OCH3 is 1. The van der Waals surface area contributed by atoms with Crippen molar-refractivity contribution in [2.24, 2.45) is 0 Å². The lowest BCUT2D eigenvalue weighted by molar-refractivity contribution is 0.101. The van der Waals surface area contributed by atoms with Crippen molar-refractivity contribution < 1.29 is 14.1 Å². The Morgan fingerprint density at radius 1 is 1.29 bits per heavy atom. The number of amides is 1. The van der Waals surface area contributed by atoms with Gasteiger partial charge >= 0.3 is 0 Å². The van der Waals surface area contributed by atoms with Crippen molar-refractivity contribution >= 4 is 22.2 Å². The molecule has 0 saturated carbocycles. The Bertz CT molecular complexity index is 1150. The van der Waals surface area contributed by atoms with Gasteiger partial charge in [-0.05, 0) is 61.4 Å². The Labute approximate surface area is 165 Å². The molecule has 1 N–H and O–H groups in total.